The maximum Gasteiger partial charge on any atom is 0.415 e. The van der Waals surface area contributed by atoms with Gasteiger partial charge in [-0.25, -0.2) is 13.6 Å². The molecule has 4 nitrogen and oxygen atoms in total. The highest BCUT2D eigenvalue weighted by atomic mass is 19.2. The molecule has 0 spiro atoms. The van der Waals surface area contributed by atoms with E-state index in [9.17, 15) is 13.6 Å². The van der Waals surface area contributed by atoms with Crippen LogP contribution in [0.1, 0.15) is 16.8 Å². The molecule has 0 saturated heterocycles. The number of nitrogens with zero attached hydrogens (tertiary/aromatic N) is 2. The molecule has 1 aromatic carbocycles. The van der Waals surface area contributed by atoms with Crippen LogP contribution >= 0.6 is 0 Å². The van der Waals surface area contributed by atoms with Crippen LogP contribution in [-0.4, -0.2) is 22.5 Å². The zero-order valence-electron chi connectivity index (χ0n) is 13.3. The SMILES string of the molecule is Cc1cc(-c2cnc(C)c(CN3CC=COC3=O)c2)cc(F)c1F. The van der Waals surface area contributed by atoms with Crippen molar-refractivity contribution in [2.24, 2.45) is 0 Å². The molecule has 1 aromatic heterocycles. The molecule has 1 aliphatic heterocycles. The van der Waals surface area contributed by atoms with E-state index in [1.807, 2.05) is 13.0 Å². The fourth-order valence-corrected chi connectivity index (χ4v) is 2.55. The molecule has 124 valence electrons. The molecule has 3 rings (SSSR count). The Morgan fingerprint density at radius 3 is 2.71 bits per heavy atom. The molecule has 24 heavy (non-hydrogen) atoms. The van der Waals surface area contributed by atoms with Crippen LogP contribution in [0.5, 0.6) is 0 Å². The topological polar surface area (TPSA) is 42.4 Å². The summed E-state index contributed by atoms with van der Waals surface area (Å²) in [4.78, 5) is 17.6. The summed E-state index contributed by atoms with van der Waals surface area (Å²) in [7, 11) is 0. The largest absolute Gasteiger partial charge is 0.418 e. The number of benzene rings is 1. The summed E-state index contributed by atoms with van der Waals surface area (Å²) in [6.45, 7) is 4.13. The van der Waals surface area contributed by atoms with E-state index in [2.05, 4.69) is 4.98 Å². The first-order valence-corrected chi connectivity index (χ1v) is 7.48. The van der Waals surface area contributed by atoms with Crippen LogP contribution in [0, 0.1) is 25.5 Å². The van der Waals surface area contributed by atoms with E-state index in [1.54, 1.807) is 18.3 Å². The van der Waals surface area contributed by atoms with Crippen molar-refractivity contribution in [2.75, 3.05) is 6.54 Å². The highest BCUT2D eigenvalue weighted by Crippen LogP contribution is 2.26. The number of hydrogen-bond acceptors (Lipinski definition) is 3. The number of aromatic nitrogens is 1. The molecule has 1 aliphatic rings. The maximum atomic E-state index is 13.7. The zero-order valence-corrected chi connectivity index (χ0v) is 13.3. The van der Waals surface area contributed by atoms with Crippen LogP contribution in [-0.2, 0) is 11.3 Å². The summed E-state index contributed by atoms with van der Waals surface area (Å²) in [6, 6.07) is 4.56. The summed E-state index contributed by atoms with van der Waals surface area (Å²) < 4.78 is 32.0. The number of carbonyl (C=O) groups is 1. The van der Waals surface area contributed by atoms with E-state index in [4.69, 9.17) is 4.74 Å². The second kappa shape index (κ2) is 6.39. The number of carbonyl (C=O) groups excluding carboxylic acids is 1. The smallest absolute Gasteiger partial charge is 0.415 e. The Hall–Kier alpha value is -2.76. The average molecular weight is 330 g/mol. The van der Waals surface area contributed by atoms with E-state index in [0.29, 0.717) is 24.2 Å². The monoisotopic (exact) mass is 330 g/mol. The summed E-state index contributed by atoms with van der Waals surface area (Å²) in [6.07, 6.45) is 4.29. The molecule has 0 unspecified atom stereocenters. The van der Waals surface area contributed by atoms with E-state index in [0.717, 1.165) is 17.3 Å². The molecular formula is C18H16F2N2O2. The fourth-order valence-electron chi connectivity index (χ4n) is 2.55. The lowest BCUT2D eigenvalue weighted by Crippen LogP contribution is -2.33. The van der Waals surface area contributed by atoms with Gasteiger partial charge in [0.2, 0.25) is 0 Å². The lowest BCUT2D eigenvalue weighted by atomic mass is 10.0. The number of ether oxygens (including phenoxy) is 1. The van der Waals surface area contributed by atoms with Crippen LogP contribution in [0.4, 0.5) is 13.6 Å². The number of hydrogen-bond donors (Lipinski definition) is 0. The molecule has 0 atom stereocenters. The molecule has 0 aliphatic carbocycles. The number of pyridine rings is 1. The minimum absolute atomic E-state index is 0.233. The minimum Gasteiger partial charge on any atom is -0.418 e. The summed E-state index contributed by atoms with van der Waals surface area (Å²) >= 11 is 0. The van der Waals surface area contributed by atoms with Gasteiger partial charge in [0.1, 0.15) is 0 Å². The Morgan fingerprint density at radius 2 is 2.00 bits per heavy atom. The van der Waals surface area contributed by atoms with Crippen LogP contribution in [0.15, 0.2) is 36.7 Å². The number of rotatable bonds is 3. The second-order valence-electron chi connectivity index (χ2n) is 5.69. The van der Waals surface area contributed by atoms with Crippen LogP contribution in [0.25, 0.3) is 11.1 Å². The van der Waals surface area contributed by atoms with E-state index in [-0.39, 0.29) is 5.56 Å². The average Bonchev–Trinajstić information content (AvgIpc) is 2.56. The summed E-state index contributed by atoms with van der Waals surface area (Å²) in [5, 5.41) is 0. The normalized spacial score (nSPS) is 14.0. The highest BCUT2D eigenvalue weighted by molar-refractivity contribution is 5.70. The van der Waals surface area contributed by atoms with Crippen molar-refractivity contribution in [1.29, 1.82) is 0 Å². The van der Waals surface area contributed by atoms with E-state index < -0.39 is 17.7 Å². The predicted molar refractivity (Wildman–Crippen MR) is 85.1 cm³/mol. The number of cyclic esters (lactones) is 1. The van der Waals surface area contributed by atoms with Gasteiger partial charge in [0, 0.05) is 24.0 Å². The molecule has 1 amide bonds. The highest BCUT2D eigenvalue weighted by Gasteiger charge is 2.18. The van der Waals surface area contributed by atoms with Crippen molar-refractivity contribution < 1.29 is 18.3 Å². The predicted octanol–water partition coefficient (Wildman–Crippen LogP) is 4.11. The molecular weight excluding hydrogens is 314 g/mol. The summed E-state index contributed by atoms with van der Waals surface area (Å²) in [5.41, 5.74) is 3.03. The number of aryl methyl sites for hydroxylation is 2. The minimum atomic E-state index is -0.892. The Kier molecular flexibility index (Phi) is 4.29. The fraction of sp³-hybridized carbons (Fsp3) is 0.222. The second-order valence-corrected chi connectivity index (χ2v) is 5.69. The molecule has 0 N–H and O–H groups in total. The lowest BCUT2D eigenvalue weighted by Gasteiger charge is -2.23. The Balaban J connectivity index is 1.94. The van der Waals surface area contributed by atoms with Crippen molar-refractivity contribution in [1.82, 2.24) is 9.88 Å². The molecule has 0 fully saturated rings. The van der Waals surface area contributed by atoms with Crippen LogP contribution in [0.2, 0.25) is 0 Å². The van der Waals surface area contributed by atoms with Crippen molar-refractivity contribution in [3.63, 3.8) is 0 Å². The first-order chi connectivity index (χ1) is 11.5. The van der Waals surface area contributed by atoms with Crippen LogP contribution in [0.3, 0.4) is 0 Å². The van der Waals surface area contributed by atoms with Gasteiger partial charge in [-0.3, -0.25) is 9.88 Å². The van der Waals surface area contributed by atoms with E-state index in [1.165, 1.54) is 18.1 Å². The Labute approximate surface area is 138 Å². The molecule has 0 bridgehead atoms. The van der Waals surface area contributed by atoms with Crippen molar-refractivity contribution in [3.05, 3.63) is 65.2 Å². The zero-order chi connectivity index (χ0) is 17.3. The van der Waals surface area contributed by atoms with Gasteiger partial charge in [-0.05, 0) is 54.8 Å². The van der Waals surface area contributed by atoms with Crippen molar-refractivity contribution in [2.45, 2.75) is 20.4 Å². The maximum absolute atomic E-state index is 13.7. The third-order valence-electron chi connectivity index (χ3n) is 3.95. The third kappa shape index (κ3) is 3.13. The van der Waals surface area contributed by atoms with E-state index >= 15 is 0 Å². The van der Waals surface area contributed by atoms with Gasteiger partial charge >= 0.3 is 6.09 Å². The molecule has 2 aromatic rings. The first kappa shape index (κ1) is 16.1. The quantitative estimate of drug-likeness (QED) is 0.850. The van der Waals surface area contributed by atoms with Gasteiger partial charge in [0.25, 0.3) is 0 Å². The van der Waals surface area contributed by atoms with Gasteiger partial charge < -0.3 is 4.74 Å². The van der Waals surface area contributed by atoms with Crippen molar-refractivity contribution >= 4 is 6.09 Å². The molecule has 0 saturated carbocycles. The van der Waals surface area contributed by atoms with Gasteiger partial charge in [0.15, 0.2) is 11.6 Å². The van der Waals surface area contributed by atoms with Gasteiger partial charge in [0.05, 0.1) is 12.8 Å². The Bertz CT molecular complexity index is 811. The standard InChI is InChI=1S/C18H16F2N2O2/c1-11-6-13(8-16(19)17(11)20)14-7-15(12(2)21-9-14)10-22-4-3-5-24-18(22)23/h3,5-9H,4,10H2,1-2H3. The number of amides is 1. The van der Waals surface area contributed by atoms with Gasteiger partial charge in [-0.2, -0.15) is 0 Å². The first-order valence-electron chi connectivity index (χ1n) is 7.48. The number of halogens is 2. The van der Waals surface area contributed by atoms with Crippen molar-refractivity contribution in [3.8, 4) is 11.1 Å². The van der Waals surface area contributed by atoms with Crippen LogP contribution < -0.4 is 0 Å². The molecule has 2 heterocycles. The van der Waals surface area contributed by atoms with Gasteiger partial charge in [-0.15, -0.1) is 0 Å². The molecule has 0 radical (unpaired) electrons. The van der Waals surface area contributed by atoms with Gasteiger partial charge in [-0.1, -0.05) is 0 Å². The third-order valence-corrected chi connectivity index (χ3v) is 3.95. The molecule has 6 heteroatoms. The summed E-state index contributed by atoms with van der Waals surface area (Å²) in [5.74, 6) is -1.74. The Morgan fingerprint density at radius 1 is 1.21 bits per heavy atom. The lowest BCUT2D eigenvalue weighted by molar-refractivity contribution is 0.131.